The van der Waals surface area contributed by atoms with Gasteiger partial charge in [0.1, 0.15) is 11.9 Å². The lowest BCUT2D eigenvalue weighted by atomic mass is 10.0. The molecule has 31 heavy (non-hydrogen) atoms. The van der Waals surface area contributed by atoms with E-state index in [0.717, 1.165) is 42.1 Å². The van der Waals surface area contributed by atoms with Crippen LogP contribution in [0.25, 0.3) is 0 Å². The second-order valence-corrected chi connectivity index (χ2v) is 9.57. The monoisotopic (exact) mass is 465 g/mol. The molecule has 4 nitrogen and oxygen atoms in total. The zero-order chi connectivity index (χ0) is 22.8. The summed E-state index contributed by atoms with van der Waals surface area (Å²) < 4.78 is 5.83. The number of halogens is 1. The molecule has 1 aromatic rings. The third-order valence-corrected chi connectivity index (χ3v) is 7.00. The highest BCUT2D eigenvalue weighted by Crippen LogP contribution is 2.44. The van der Waals surface area contributed by atoms with E-state index in [1.165, 1.54) is 18.5 Å². The van der Waals surface area contributed by atoms with Gasteiger partial charge < -0.3 is 14.7 Å². The van der Waals surface area contributed by atoms with Crippen LogP contribution in [0.5, 0.6) is 5.75 Å². The largest absolute Gasteiger partial charge is 0.489 e. The van der Waals surface area contributed by atoms with Crippen molar-refractivity contribution in [2.75, 3.05) is 17.2 Å². The minimum Gasteiger partial charge on any atom is -0.489 e. The van der Waals surface area contributed by atoms with Crippen LogP contribution in [0.3, 0.4) is 0 Å². The van der Waals surface area contributed by atoms with E-state index >= 15 is 0 Å². The standard InChI is InChI=1S/C21H26ClNO3S.C4H10/c1-3-15-12-23(16-7-5-4-6-8-16)18-10-17(22)19(11-20(18)27-13-15)26-14(2)9-21(24)25;1-3-4-2/h4-5,7,10-11,14-15H,3,6,8-9,12-13H2,1-2H3,(H,24,25);3-4H2,1-2H3. The maximum absolute atomic E-state index is 10.9. The van der Waals surface area contributed by atoms with Gasteiger partial charge in [-0.3, -0.25) is 4.79 Å². The highest BCUT2D eigenvalue weighted by molar-refractivity contribution is 7.99. The van der Waals surface area contributed by atoms with E-state index in [2.05, 4.69) is 43.9 Å². The minimum atomic E-state index is -0.878. The molecule has 0 saturated carbocycles. The Morgan fingerprint density at radius 2 is 2.06 bits per heavy atom. The van der Waals surface area contributed by atoms with Crippen molar-refractivity contribution in [2.24, 2.45) is 5.92 Å². The quantitative estimate of drug-likeness (QED) is 0.450. The molecule has 0 saturated heterocycles. The van der Waals surface area contributed by atoms with Crippen LogP contribution in [-0.4, -0.2) is 29.5 Å². The van der Waals surface area contributed by atoms with Crippen LogP contribution >= 0.6 is 23.4 Å². The Morgan fingerprint density at radius 1 is 1.32 bits per heavy atom. The Balaban J connectivity index is 0.000000785. The summed E-state index contributed by atoms with van der Waals surface area (Å²) in [7, 11) is 0. The number of anilines is 1. The molecule has 0 aromatic heterocycles. The Hall–Kier alpha value is -1.59. The number of carboxylic acids is 1. The zero-order valence-electron chi connectivity index (χ0n) is 19.2. The molecule has 172 valence electrons. The number of nitrogens with zero attached hydrogens (tertiary/aromatic N) is 1. The van der Waals surface area contributed by atoms with Crippen molar-refractivity contribution >= 4 is 35.0 Å². The van der Waals surface area contributed by atoms with Crippen molar-refractivity contribution < 1.29 is 14.6 Å². The molecule has 1 aromatic carbocycles. The van der Waals surface area contributed by atoms with Gasteiger partial charge in [-0.25, -0.2) is 0 Å². The third kappa shape index (κ3) is 7.80. The average Bonchev–Trinajstić information content (AvgIpc) is 2.93. The summed E-state index contributed by atoms with van der Waals surface area (Å²) in [6.07, 6.45) is 11.9. The number of carbonyl (C=O) groups is 1. The van der Waals surface area contributed by atoms with Crippen molar-refractivity contribution in [2.45, 2.75) is 77.2 Å². The molecule has 0 amide bonds. The van der Waals surface area contributed by atoms with Gasteiger partial charge in [-0.2, -0.15) is 0 Å². The van der Waals surface area contributed by atoms with Gasteiger partial charge in [0, 0.05) is 22.9 Å². The van der Waals surface area contributed by atoms with Crippen LogP contribution in [0, 0.1) is 5.92 Å². The molecule has 0 spiro atoms. The first-order valence-electron chi connectivity index (χ1n) is 11.4. The fourth-order valence-corrected chi connectivity index (χ4v) is 4.86. The summed E-state index contributed by atoms with van der Waals surface area (Å²) in [6.45, 7) is 9.34. The highest BCUT2D eigenvalue weighted by Gasteiger charge is 2.26. The molecule has 1 N–H and O–H groups in total. The van der Waals surface area contributed by atoms with Gasteiger partial charge in [0.2, 0.25) is 0 Å². The summed E-state index contributed by atoms with van der Waals surface area (Å²) in [5, 5.41) is 9.49. The number of rotatable bonds is 7. The van der Waals surface area contributed by atoms with Crippen molar-refractivity contribution in [1.82, 2.24) is 0 Å². The molecule has 2 unspecified atom stereocenters. The van der Waals surface area contributed by atoms with E-state index in [0.29, 0.717) is 16.7 Å². The third-order valence-electron chi connectivity index (χ3n) is 5.43. The lowest BCUT2D eigenvalue weighted by Crippen LogP contribution is -2.29. The van der Waals surface area contributed by atoms with Gasteiger partial charge in [0.25, 0.3) is 0 Å². The van der Waals surface area contributed by atoms with Crippen molar-refractivity contribution in [3.05, 3.63) is 41.1 Å². The van der Waals surface area contributed by atoms with E-state index in [4.69, 9.17) is 21.4 Å². The van der Waals surface area contributed by atoms with E-state index in [-0.39, 0.29) is 6.42 Å². The van der Waals surface area contributed by atoms with E-state index < -0.39 is 12.1 Å². The lowest BCUT2D eigenvalue weighted by molar-refractivity contribution is -0.138. The number of ether oxygens (including phenoxy) is 1. The van der Waals surface area contributed by atoms with Crippen LogP contribution in [0.4, 0.5) is 5.69 Å². The summed E-state index contributed by atoms with van der Waals surface area (Å²) in [5.41, 5.74) is 2.45. The van der Waals surface area contributed by atoms with Crippen molar-refractivity contribution in [3.63, 3.8) is 0 Å². The summed E-state index contributed by atoms with van der Waals surface area (Å²) >= 11 is 8.36. The highest BCUT2D eigenvalue weighted by atomic mass is 35.5. The molecule has 0 fully saturated rings. The number of benzene rings is 1. The van der Waals surface area contributed by atoms with Crippen molar-refractivity contribution in [1.29, 1.82) is 0 Å². The molecule has 2 aliphatic rings. The first kappa shape index (κ1) is 25.7. The van der Waals surface area contributed by atoms with E-state index in [1.807, 2.05) is 23.9 Å². The number of aliphatic carboxylic acids is 1. The van der Waals surface area contributed by atoms with Crippen LogP contribution in [0.1, 0.15) is 66.2 Å². The maximum atomic E-state index is 10.9. The second-order valence-electron chi connectivity index (χ2n) is 8.10. The van der Waals surface area contributed by atoms with E-state index in [1.54, 1.807) is 6.92 Å². The summed E-state index contributed by atoms with van der Waals surface area (Å²) in [6, 6.07) is 3.95. The van der Waals surface area contributed by atoms with Gasteiger partial charge in [0.15, 0.2) is 0 Å². The Morgan fingerprint density at radius 3 is 2.65 bits per heavy atom. The molecule has 0 bridgehead atoms. The Labute approximate surface area is 196 Å². The molecular formula is C25H36ClNO3S. The first-order valence-corrected chi connectivity index (χ1v) is 12.7. The number of allylic oxidation sites excluding steroid dienone is 4. The fraction of sp³-hybridized carbons (Fsp3) is 0.560. The van der Waals surface area contributed by atoms with Gasteiger partial charge >= 0.3 is 5.97 Å². The zero-order valence-corrected chi connectivity index (χ0v) is 20.8. The normalized spacial score (nSPS) is 18.8. The van der Waals surface area contributed by atoms with Crippen molar-refractivity contribution in [3.8, 4) is 5.75 Å². The second kappa shape index (κ2) is 13.1. The predicted molar refractivity (Wildman–Crippen MR) is 133 cm³/mol. The molecule has 1 aliphatic heterocycles. The number of carboxylic acid groups (broad SMARTS) is 1. The van der Waals surface area contributed by atoms with Crippen LogP contribution in [-0.2, 0) is 4.79 Å². The number of fused-ring (bicyclic) bond motifs is 1. The fourth-order valence-electron chi connectivity index (χ4n) is 3.40. The number of thioether (sulfide) groups is 1. The molecule has 0 radical (unpaired) electrons. The predicted octanol–water partition coefficient (Wildman–Crippen LogP) is 7.56. The summed E-state index contributed by atoms with van der Waals surface area (Å²) in [4.78, 5) is 14.5. The first-order chi connectivity index (χ1) is 14.9. The molecule has 6 heteroatoms. The van der Waals surface area contributed by atoms with E-state index in [9.17, 15) is 4.79 Å². The molecule has 2 atom stereocenters. The smallest absolute Gasteiger partial charge is 0.307 e. The van der Waals surface area contributed by atoms with Gasteiger partial charge in [-0.15, -0.1) is 11.8 Å². The molecule has 3 rings (SSSR count). The summed E-state index contributed by atoms with van der Waals surface area (Å²) in [5.74, 6) is 1.33. The van der Waals surface area contributed by atoms with Gasteiger partial charge in [-0.05, 0) is 43.9 Å². The van der Waals surface area contributed by atoms with Crippen LogP contribution in [0.15, 0.2) is 41.0 Å². The average molecular weight is 466 g/mol. The number of hydrogen-bond donors (Lipinski definition) is 1. The maximum Gasteiger partial charge on any atom is 0.307 e. The molecule has 1 aliphatic carbocycles. The number of hydrogen-bond acceptors (Lipinski definition) is 4. The molecule has 1 heterocycles. The molecular weight excluding hydrogens is 430 g/mol. The topological polar surface area (TPSA) is 49.8 Å². The minimum absolute atomic E-state index is 0.0518. The van der Waals surface area contributed by atoms with Gasteiger partial charge in [0.05, 0.1) is 17.1 Å². The van der Waals surface area contributed by atoms with Crippen LogP contribution < -0.4 is 9.64 Å². The Kier molecular flexibility index (Phi) is 10.8. The Bertz CT molecular complexity index is 791. The van der Waals surface area contributed by atoms with Crippen LogP contribution in [0.2, 0.25) is 5.02 Å². The lowest BCUT2D eigenvalue weighted by Gasteiger charge is -2.31. The SMILES string of the molecule is CCC1CSc2cc(OC(C)CC(=O)O)c(Cl)cc2N(C2=CC=CCC2)C1.CCCC. The number of unbranched alkanes of at least 4 members (excludes halogenated alkanes) is 1. The van der Waals surface area contributed by atoms with Gasteiger partial charge in [-0.1, -0.05) is 63.8 Å².